The molecular weight excluding hydrogens is 417 g/mol. The Hall–Kier alpha value is -3.10. The summed E-state index contributed by atoms with van der Waals surface area (Å²) >= 11 is 0. The molecule has 6 nitrogen and oxygen atoms in total. The van der Waals surface area contributed by atoms with E-state index in [1.54, 1.807) is 25.1 Å². The predicted molar refractivity (Wildman–Crippen MR) is 105 cm³/mol. The fourth-order valence-electron chi connectivity index (χ4n) is 3.08. The number of aliphatic carboxylic acids is 1. The first kappa shape index (κ1) is 22.6. The van der Waals surface area contributed by atoms with Gasteiger partial charge in [-0.2, -0.15) is 13.2 Å². The Morgan fingerprint density at radius 2 is 1.97 bits per heavy atom. The lowest BCUT2D eigenvalue weighted by molar-refractivity contribution is -0.153. The van der Waals surface area contributed by atoms with E-state index in [1.165, 1.54) is 18.2 Å². The summed E-state index contributed by atoms with van der Waals surface area (Å²) in [6, 6.07) is 4.51. The zero-order valence-electron chi connectivity index (χ0n) is 16.9. The zero-order chi connectivity index (χ0) is 22.4. The molecule has 1 aliphatic carbocycles. The Balaban J connectivity index is 1.41. The third kappa shape index (κ3) is 6.70. The van der Waals surface area contributed by atoms with E-state index in [4.69, 9.17) is 24.1 Å². The van der Waals surface area contributed by atoms with Gasteiger partial charge < -0.3 is 24.1 Å². The second kappa shape index (κ2) is 9.80. The van der Waals surface area contributed by atoms with Crippen LogP contribution in [0.3, 0.4) is 0 Å². The van der Waals surface area contributed by atoms with Crippen LogP contribution in [0.2, 0.25) is 0 Å². The van der Waals surface area contributed by atoms with Gasteiger partial charge in [-0.15, -0.1) is 0 Å². The molecule has 1 aliphatic heterocycles. The van der Waals surface area contributed by atoms with Crippen LogP contribution in [0.5, 0.6) is 11.5 Å². The molecule has 0 bridgehead atoms. The Bertz CT molecular complexity index is 901. The molecule has 2 aliphatic rings. The third-order valence-electron chi connectivity index (χ3n) is 4.60. The van der Waals surface area contributed by atoms with E-state index in [2.05, 4.69) is 0 Å². The van der Waals surface area contributed by atoms with E-state index < -0.39 is 24.9 Å². The first-order chi connectivity index (χ1) is 14.7. The van der Waals surface area contributed by atoms with Crippen molar-refractivity contribution < 1.29 is 42.0 Å². The van der Waals surface area contributed by atoms with Crippen molar-refractivity contribution in [3.05, 3.63) is 59.1 Å². The van der Waals surface area contributed by atoms with Gasteiger partial charge in [0, 0.05) is 18.9 Å². The zero-order valence-corrected chi connectivity index (χ0v) is 16.9. The largest absolute Gasteiger partial charge is 0.498 e. The number of hydrogen-bond donors (Lipinski definition) is 1. The molecule has 1 heterocycles. The molecule has 0 saturated heterocycles. The molecule has 1 N–H and O–H groups in total. The highest BCUT2D eigenvalue weighted by molar-refractivity contribution is 5.75. The Kier molecular flexibility index (Phi) is 7.14. The van der Waals surface area contributed by atoms with E-state index in [1.807, 2.05) is 0 Å². The van der Waals surface area contributed by atoms with Crippen molar-refractivity contribution in [2.75, 3.05) is 19.8 Å². The van der Waals surface area contributed by atoms with Crippen LogP contribution in [0.1, 0.15) is 24.8 Å². The quantitative estimate of drug-likeness (QED) is 0.562. The van der Waals surface area contributed by atoms with E-state index >= 15 is 0 Å². The summed E-state index contributed by atoms with van der Waals surface area (Å²) in [4.78, 5) is 11.1. The van der Waals surface area contributed by atoms with Crippen LogP contribution in [-0.4, -0.2) is 43.2 Å². The number of ether oxygens (including phenoxy) is 4. The molecule has 1 aromatic rings. The Morgan fingerprint density at radius 3 is 2.68 bits per heavy atom. The Labute approximate surface area is 177 Å². The summed E-state index contributed by atoms with van der Waals surface area (Å²) in [5, 5.41) is 9.07. The fourth-order valence-corrected chi connectivity index (χ4v) is 3.08. The molecule has 0 amide bonds. The molecule has 1 atom stereocenters. The molecule has 9 heteroatoms. The number of allylic oxidation sites excluding steroid dienone is 4. The van der Waals surface area contributed by atoms with Crippen LogP contribution < -0.4 is 9.47 Å². The minimum atomic E-state index is -4.38. The highest BCUT2D eigenvalue weighted by atomic mass is 19.4. The number of halogens is 3. The molecule has 1 unspecified atom stereocenters. The van der Waals surface area contributed by atoms with Crippen LogP contribution in [0.15, 0.2) is 53.5 Å². The smallest absolute Gasteiger partial charge is 0.422 e. The number of benzene rings is 1. The lowest BCUT2D eigenvalue weighted by Gasteiger charge is -2.24. The van der Waals surface area contributed by atoms with Gasteiger partial charge in [0.2, 0.25) is 6.10 Å². The van der Waals surface area contributed by atoms with Crippen molar-refractivity contribution in [2.45, 2.75) is 38.5 Å². The maximum atomic E-state index is 12.2. The van der Waals surface area contributed by atoms with Gasteiger partial charge in [0.05, 0.1) is 19.0 Å². The van der Waals surface area contributed by atoms with Gasteiger partial charge in [0.25, 0.3) is 0 Å². The first-order valence-corrected chi connectivity index (χ1v) is 9.78. The van der Waals surface area contributed by atoms with E-state index in [0.29, 0.717) is 49.5 Å². The van der Waals surface area contributed by atoms with Crippen molar-refractivity contribution in [3.63, 3.8) is 0 Å². The first-order valence-electron chi connectivity index (χ1n) is 9.78. The predicted octanol–water partition coefficient (Wildman–Crippen LogP) is 4.69. The number of rotatable bonds is 9. The van der Waals surface area contributed by atoms with Gasteiger partial charge >= 0.3 is 12.1 Å². The normalized spacial score (nSPS) is 18.1. The maximum absolute atomic E-state index is 12.2. The van der Waals surface area contributed by atoms with Gasteiger partial charge in [0.15, 0.2) is 6.61 Å². The van der Waals surface area contributed by atoms with Gasteiger partial charge in [-0.3, -0.25) is 0 Å². The van der Waals surface area contributed by atoms with E-state index in [9.17, 15) is 18.0 Å². The molecule has 0 aromatic heterocycles. The van der Waals surface area contributed by atoms with Crippen molar-refractivity contribution in [3.8, 4) is 11.5 Å². The van der Waals surface area contributed by atoms with E-state index in [-0.39, 0.29) is 5.75 Å². The van der Waals surface area contributed by atoms with Crippen LogP contribution in [-0.2, 0) is 14.3 Å². The monoisotopic (exact) mass is 440 g/mol. The number of alkyl halides is 3. The fraction of sp³-hybridized carbons (Fsp3) is 0.409. The molecular formula is C22H23F3O6. The molecule has 1 aromatic carbocycles. The summed E-state index contributed by atoms with van der Waals surface area (Å²) < 4.78 is 58.3. The van der Waals surface area contributed by atoms with Crippen molar-refractivity contribution >= 4 is 5.97 Å². The minimum absolute atomic E-state index is 0.133. The average Bonchev–Trinajstić information content (AvgIpc) is 2.72. The molecule has 0 radical (unpaired) electrons. The lowest BCUT2D eigenvalue weighted by atomic mass is 9.99. The molecule has 168 valence electrons. The summed E-state index contributed by atoms with van der Waals surface area (Å²) in [7, 11) is 0. The highest BCUT2D eigenvalue weighted by Crippen LogP contribution is 2.30. The number of carboxylic acid groups (broad SMARTS) is 1. The Morgan fingerprint density at radius 1 is 1.19 bits per heavy atom. The topological polar surface area (TPSA) is 74.2 Å². The molecule has 0 spiro atoms. The van der Waals surface area contributed by atoms with Gasteiger partial charge in [-0.05, 0) is 48.8 Å². The standard InChI is InChI=1S/C22H23F3O6/c1-14-11-16(30-13-22(23,24)25)6-8-18(14)29-10-2-9-28-17-5-3-15-4-7-19(21(26)27)31-20(15)12-17/h4,6-8,11-12,19H,2-3,5,9-10,13H2,1H3,(H,26,27). The molecule has 0 saturated carbocycles. The van der Waals surface area contributed by atoms with Crippen molar-refractivity contribution in [2.24, 2.45) is 0 Å². The van der Waals surface area contributed by atoms with Gasteiger partial charge in [-0.25, -0.2) is 4.79 Å². The third-order valence-corrected chi connectivity index (χ3v) is 4.60. The SMILES string of the molecule is Cc1cc(OCC(F)(F)F)ccc1OCCCOC1=CC2=C(C=CC(C(=O)O)O2)CC1. The lowest BCUT2D eigenvalue weighted by Crippen LogP contribution is -2.24. The summed E-state index contributed by atoms with van der Waals surface area (Å²) in [5.74, 6) is 0.898. The second-order valence-corrected chi connectivity index (χ2v) is 7.12. The molecule has 0 fully saturated rings. The summed E-state index contributed by atoms with van der Waals surface area (Å²) in [5.41, 5.74) is 1.62. The van der Waals surface area contributed by atoms with Gasteiger partial charge in [-0.1, -0.05) is 6.08 Å². The number of carbonyl (C=O) groups is 1. The van der Waals surface area contributed by atoms with Crippen LogP contribution in [0, 0.1) is 6.92 Å². The highest BCUT2D eigenvalue weighted by Gasteiger charge is 2.28. The molecule has 3 rings (SSSR count). The summed E-state index contributed by atoms with van der Waals surface area (Å²) in [6.45, 7) is 1.16. The van der Waals surface area contributed by atoms with Crippen molar-refractivity contribution in [1.29, 1.82) is 0 Å². The van der Waals surface area contributed by atoms with Gasteiger partial charge in [0.1, 0.15) is 17.3 Å². The maximum Gasteiger partial charge on any atom is 0.422 e. The minimum Gasteiger partial charge on any atom is -0.498 e. The number of aryl methyl sites for hydroxylation is 1. The average molecular weight is 440 g/mol. The second-order valence-electron chi connectivity index (χ2n) is 7.12. The number of hydrogen-bond acceptors (Lipinski definition) is 5. The van der Waals surface area contributed by atoms with E-state index in [0.717, 1.165) is 11.3 Å². The van der Waals surface area contributed by atoms with Crippen molar-refractivity contribution in [1.82, 2.24) is 0 Å². The summed E-state index contributed by atoms with van der Waals surface area (Å²) in [6.07, 6.45) is 1.65. The van der Waals surface area contributed by atoms with Crippen LogP contribution in [0.4, 0.5) is 13.2 Å². The number of carboxylic acids is 1. The molecule has 31 heavy (non-hydrogen) atoms. The van der Waals surface area contributed by atoms with Crippen LogP contribution in [0.25, 0.3) is 0 Å². The van der Waals surface area contributed by atoms with Crippen LogP contribution >= 0.6 is 0 Å².